The van der Waals surface area contributed by atoms with E-state index in [2.05, 4.69) is 16.0 Å². The van der Waals surface area contributed by atoms with Gasteiger partial charge in [-0.3, -0.25) is 10.1 Å². The van der Waals surface area contributed by atoms with Crippen molar-refractivity contribution in [3.63, 3.8) is 0 Å². The number of fused-ring (bicyclic) bond motifs is 1. The van der Waals surface area contributed by atoms with Crippen LogP contribution < -0.4 is 0 Å². The fraction of sp³-hybridized carbons (Fsp3) is 0.200. The first kappa shape index (κ1) is 19.6. The molecule has 0 atom stereocenters. The first-order chi connectivity index (χ1) is 13.4. The van der Waals surface area contributed by atoms with Gasteiger partial charge < -0.3 is 10.1 Å². The summed E-state index contributed by atoms with van der Waals surface area (Å²) in [6, 6.07) is 10.8. The first-order valence-electron chi connectivity index (χ1n) is 8.54. The Labute approximate surface area is 165 Å². The Hall–Kier alpha value is -3.15. The van der Waals surface area contributed by atoms with Gasteiger partial charge in [0.1, 0.15) is 11.9 Å². The van der Waals surface area contributed by atoms with Crippen molar-refractivity contribution in [1.29, 1.82) is 5.26 Å². The van der Waals surface area contributed by atoms with Crippen molar-refractivity contribution < 1.29 is 10.0 Å². The number of aliphatic hydroxyl groups excluding tert-OH is 1. The molecule has 0 unspecified atom stereocenters. The summed E-state index contributed by atoms with van der Waals surface area (Å²) >= 11 is 1.21. The number of benzene rings is 2. The van der Waals surface area contributed by atoms with Crippen LogP contribution in [0.3, 0.4) is 0 Å². The third-order valence-corrected chi connectivity index (χ3v) is 5.36. The lowest BCUT2D eigenvalue weighted by molar-refractivity contribution is -0.387. The van der Waals surface area contributed by atoms with Crippen molar-refractivity contribution in [3.8, 4) is 6.07 Å². The zero-order valence-electron chi connectivity index (χ0n) is 15.4. The molecule has 0 bridgehead atoms. The van der Waals surface area contributed by atoms with Gasteiger partial charge in [0.05, 0.1) is 33.0 Å². The Morgan fingerprint density at radius 3 is 2.79 bits per heavy atom. The maximum atomic E-state index is 11.4. The number of hydrogen-bond acceptors (Lipinski definition) is 6. The highest BCUT2D eigenvalue weighted by Gasteiger charge is 2.15. The molecule has 0 amide bonds. The summed E-state index contributed by atoms with van der Waals surface area (Å²) in [5, 5.41) is 29.9. The molecule has 1 heterocycles. The van der Waals surface area contributed by atoms with Crippen LogP contribution in [0.15, 0.2) is 35.2 Å². The Balaban J connectivity index is 2.02. The van der Waals surface area contributed by atoms with Gasteiger partial charge in [-0.1, -0.05) is 6.07 Å². The summed E-state index contributed by atoms with van der Waals surface area (Å²) in [5.74, 6) is 0.793. The number of nitriles is 1. The Morgan fingerprint density at radius 2 is 2.11 bits per heavy atom. The smallest absolute Gasteiger partial charge is 0.283 e. The van der Waals surface area contributed by atoms with E-state index in [1.165, 1.54) is 17.8 Å². The van der Waals surface area contributed by atoms with E-state index in [0.29, 0.717) is 22.0 Å². The highest BCUT2D eigenvalue weighted by Crippen LogP contribution is 2.31. The molecule has 2 N–H and O–H groups in total. The van der Waals surface area contributed by atoms with Gasteiger partial charge in [0.15, 0.2) is 0 Å². The van der Waals surface area contributed by atoms with E-state index in [0.717, 1.165) is 22.2 Å². The molecule has 0 aliphatic heterocycles. The summed E-state index contributed by atoms with van der Waals surface area (Å²) in [7, 11) is 0. The second kappa shape index (κ2) is 8.25. The van der Waals surface area contributed by atoms with E-state index in [1.807, 2.05) is 26.0 Å². The number of aromatic nitrogens is 2. The molecule has 2 aromatic carbocycles. The fourth-order valence-electron chi connectivity index (χ4n) is 2.76. The van der Waals surface area contributed by atoms with Crippen LogP contribution in [-0.2, 0) is 0 Å². The van der Waals surface area contributed by atoms with E-state index < -0.39 is 4.92 Å². The van der Waals surface area contributed by atoms with E-state index in [1.54, 1.807) is 18.2 Å². The maximum Gasteiger partial charge on any atom is 0.283 e. The molecule has 0 radical (unpaired) electrons. The number of imidazole rings is 1. The van der Waals surface area contributed by atoms with Crippen LogP contribution in [0.5, 0.6) is 0 Å². The fourth-order valence-corrected chi connectivity index (χ4v) is 3.52. The number of nitro groups is 1. The molecule has 3 aromatic rings. The van der Waals surface area contributed by atoms with Crippen LogP contribution in [-0.4, -0.2) is 32.4 Å². The molecule has 0 saturated carbocycles. The van der Waals surface area contributed by atoms with Crippen molar-refractivity contribution in [2.45, 2.75) is 18.7 Å². The quantitative estimate of drug-likeness (QED) is 0.280. The van der Waals surface area contributed by atoms with Gasteiger partial charge in [0.25, 0.3) is 5.69 Å². The molecule has 28 heavy (non-hydrogen) atoms. The van der Waals surface area contributed by atoms with Crippen LogP contribution in [0.25, 0.3) is 22.7 Å². The standard InChI is InChI=1S/C20H18N4O3S/c1-12-7-16-17(8-13(12)2)23-20(22-16)15(11-21)9-14-3-4-19(28-6-5-25)18(10-14)24(26)27/h3-4,7-10,25H,5-6H2,1-2H3,(H,22,23)/b15-9-. The van der Waals surface area contributed by atoms with E-state index >= 15 is 0 Å². The number of thioether (sulfide) groups is 1. The number of hydrogen-bond donors (Lipinski definition) is 2. The zero-order valence-corrected chi connectivity index (χ0v) is 16.2. The van der Waals surface area contributed by atoms with Gasteiger partial charge >= 0.3 is 0 Å². The third-order valence-electron chi connectivity index (χ3n) is 4.31. The number of aliphatic hydroxyl groups is 1. The summed E-state index contributed by atoms with van der Waals surface area (Å²) in [4.78, 5) is 19.0. The molecular weight excluding hydrogens is 376 g/mol. The van der Waals surface area contributed by atoms with Crippen LogP contribution in [0.4, 0.5) is 5.69 Å². The van der Waals surface area contributed by atoms with Gasteiger partial charge in [-0.25, -0.2) is 4.98 Å². The minimum Gasteiger partial charge on any atom is -0.396 e. The average molecular weight is 394 g/mol. The molecule has 3 rings (SSSR count). The minimum atomic E-state index is -0.462. The predicted octanol–water partition coefficient (Wildman–Crippen LogP) is 4.24. The molecular formula is C20H18N4O3S. The minimum absolute atomic E-state index is 0.0552. The largest absolute Gasteiger partial charge is 0.396 e. The van der Waals surface area contributed by atoms with Crippen molar-refractivity contribution in [1.82, 2.24) is 9.97 Å². The van der Waals surface area contributed by atoms with E-state index in [9.17, 15) is 15.4 Å². The molecule has 142 valence electrons. The van der Waals surface area contributed by atoms with E-state index in [4.69, 9.17) is 5.11 Å². The monoisotopic (exact) mass is 394 g/mol. The summed E-state index contributed by atoms with van der Waals surface area (Å²) < 4.78 is 0. The van der Waals surface area contributed by atoms with E-state index in [-0.39, 0.29) is 17.9 Å². The molecule has 8 heteroatoms. The molecule has 0 aliphatic rings. The third kappa shape index (κ3) is 4.06. The lowest BCUT2D eigenvalue weighted by atomic mass is 10.1. The second-order valence-electron chi connectivity index (χ2n) is 6.27. The first-order valence-corrected chi connectivity index (χ1v) is 9.52. The van der Waals surface area contributed by atoms with Gasteiger partial charge in [-0.2, -0.15) is 5.26 Å². The number of nitro benzene ring substituents is 1. The Kier molecular flexibility index (Phi) is 5.78. The molecule has 0 aliphatic carbocycles. The maximum absolute atomic E-state index is 11.4. The number of nitrogens with zero attached hydrogens (tertiary/aromatic N) is 3. The Bertz CT molecular complexity index is 1090. The van der Waals surface area contributed by atoms with Gasteiger partial charge in [0.2, 0.25) is 0 Å². The van der Waals surface area contributed by atoms with Crippen LogP contribution in [0.2, 0.25) is 0 Å². The molecule has 1 aromatic heterocycles. The van der Waals surface area contributed by atoms with Gasteiger partial charge in [-0.05, 0) is 54.8 Å². The topological polar surface area (TPSA) is 116 Å². The normalized spacial score (nSPS) is 11.6. The lowest BCUT2D eigenvalue weighted by Crippen LogP contribution is -1.94. The number of H-pyrrole nitrogens is 1. The van der Waals surface area contributed by atoms with Crippen LogP contribution in [0.1, 0.15) is 22.5 Å². The molecule has 0 spiro atoms. The number of aromatic amines is 1. The highest BCUT2D eigenvalue weighted by atomic mass is 32.2. The van der Waals surface area contributed by atoms with Crippen molar-refractivity contribution in [2.75, 3.05) is 12.4 Å². The number of allylic oxidation sites excluding steroid dienone is 1. The summed E-state index contributed by atoms with van der Waals surface area (Å²) in [6.45, 7) is 3.94. The predicted molar refractivity (Wildman–Crippen MR) is 110 cm³/mol. The summed E-state index contributed by atoms with van der Waals surface area (Å²) in [6.07, 6.45) is 1.57. The Morgan fingerprint density at radius 1 is 1.36 bits per heavy atom. The van der Waals surface area contributed by atoms with Gasteiger partial charge in [-0.15, -0.1) is 11.8 Å². The number of rotatable bonds is 6. The number of nitrogens with one attached hydrogen (secondary N) is 1. The zero-order chi connectivity index (χ0) is 20.3. The van der Waals surface area contributed by atoms with Crippen molar-refractivity contribution in [3.05, 3.63) is 63.0 Å². The van der Waals surface area contributed by atoms with Crippen LogP contribution in [0, 0.1) is 35.3 Å². The molecule has 7 nitrogen and oxygen atoms in total. The average Bonchev–Trinajstić information content (AvgIpc) is 3.07. The highest BCUT2D eigenvalue weighted by molar-refractivity contribution is 7.99. The lowest BCUT2D eigenvalue weighted by Gasteiger charge is -2.03. The van der Waals surface area contributed by atoms with Gasteiger partial charge in [0, 0.05) is 11.8 Å². The van der Waals surface area contributed by atoms with Crippen molar-refractivity contribution >= 4 is 40.1 Å². The molecule has 0 fully saturated rings. The molecule has 0 saturated heterocycles. The SMILES string of the molecule is Cc1cc2nc(/C(C#N)=C\c3ccc(SCCO)c([N+](=O)[O-])c3)[nH]c2cc1C. The van der Waals surface area contributed by atoms with Crippen LogP contribution >= 0.6 is 11.8 Å². The van der Waals surface area contributed by atoms with Crippen molar-refractivity contribution in [2.24, 2.45) is 0 Å². The number of aryl methyl sites for hydroxylation is 2. The second-order valence-corrected chi connectivity index (χ2v) is 7.40. The summed E-state index contributed by atoms with van der Waals surface area (Å²) in [5.41, 5.74) is 4.60.